The predicted octanol–water partition coefficient (Wildman–Crippen LogP) is 4.25. The highest BCUT2D eigenvalue weighted by molar-refractivity contribution is 6.05. The number of carbonyl (C=O) groups is 1. The topological polar surface area (TPSA) is 57.8 Å². The summed E-state index contributed by atoms with van der Waals surface area (Å²) in [5.74, 6) is 0.832. The number of fused-ring (bicyclic) bond motifs is 1. The molecule has 0 saturated carbocycles. The van der Waals surface area contributed by atoms with Gasteiger partial charge >= 0.3 is 0 Å². The van der Waals surface area contributed by atoms with E-state index in [0.29, 0.717) is 38.1 Å². The van der Waals surface area contributed by atoms with E-state index in [4.69, 9.17) is 9.47 Å². The van der Waals surface area contributed by atoms with Crippen LogP contribution < -0.4 is 0 Å². The zero-order valence-corrected chi connectivity index (χ0v) is 19.9. The van der Waals surface area contributed by atoms with E-state index in [-0.39, 0.29) is 23.9 Å². The summed E-state index contributed by atoms with van der Waals surface area (Å²) in [6.45, 7) is 5.54. The Bertz CT molecular complexity index is 1170. The monoisotopic (exact) mass is 477 g/mol. The highest BCUT2D eigenvalue weighted by Crippen LogP contribution is 2.35. The van der Waals surface area contributed by atoms with Crippen molar-refractivity contribution in [1.29, 1.82) is 0 Å². The lowest BCUT2D eigenvalue weighted by Crippen LogP contribution is -2.40. The van der Waals surface area contributed by atoms with Gasteiger partial charge in [0.05, 0.1) is 24.3 Å². The van der Waals surface area contributed by atoms with Gasteiger partial charge in [0.25, 0.3) is 5.91 Å². The molecule has 35 heavy (non-hydrogen) atoms. The Morgan fingerprint density at radius 2 is 1.77 bits per heavy atom. The molecule has 3 aliphatic heterocycles. The largest absolute Gasteiger partial charge is 0.361 e. The Morgan fingerprint density at radius 1 is 1.00 bits per heavy atom. The molecule has 0 aliphatic carbocycles. The second-order valence-electron chi connectivity index (χ2n) is 10.1. The number of rotatable bonds is 5. The molecule has 2 aromatic carbocycles. The van der Waals surface area contributed by atoms with Gasteiger partial charge in [-0.05, 0) is 67.6 Å². The number of aromatic amines is 1. The van der Waals surface area contributed by atoms with Crippen molar-refractivity contribution < 1.29 is 18.7 Å². The van der Waals surface area contributed by atoms with Crippen molar-refractivity contribution in [3.63, 3.8) is 0 Å². The number of H-pyrrole nitrogens is 1. The minimum atomic E-state index is -0.240. The summed E-state index contributed by atoms with van der Waals surface area (Å²) in [6, 6.07) is 14.8. The number of hydrogen-bond donors (Lipinski definition) is 1. The maximum atomic E-state index is 13.6. The second-order valence-corrected chi connectivity index (χ2v) is 10.1. The van der Waals surface area contributed by atoms with Gasteiger partial charge in [-0.25, -0.2) is 4.39 Å². The molecule has 1 aromatic heterocycles. The lowest BCUT2D eigenvalue weighted by molar-refractivity contribution is -0.0924. The van der Waals surface area contributed by atoms with Crippen molar-refractivity contribution >= 4 is 16.8 Å². The third-order valence-corrected chi connectivity index (χ3v) is 8.02. The molecule has 4 heterocycles. The molecular formula is C28H32FN3O3. The second kappa shape index (κ2) is 9.72. The summed E-state index contributed by atoms with van der Waals surface area (Å²) in [4.78, 5) is 21.3. The van der Waals surface area contributed by atoms with Gasteiger partial charge in [-0.2, -0.15) is 0 Å². The molecule has 0 bridgehead atoms. The Labute approximate surface area is 205 Å². The lowest BCUT2D eigenvalue weighted by atomic mass is 9.88. The fourth-order valence-corrected chi connectivity index (χ4v) is 6.14. The van der Waals surface area contributed by atoms with E-state index in [0.717, 1.165) is 48.9 Å². The molecule has 0 radical (unpaired) electrons. The van der Waals surface area contributed by atoms with Crippen molar-refractivity contribution in [3.05, 3.63) is 71.7 Å². The van der Waals surface area contributed by atoms with Crippen LogP contribution in [0.2, 0.25) is 0 Å². The van der Waals surface area contributed by atoms with Gasteiger partial charge < -0.3 is 24.3 Å². The zero-order chi connectivity index (χ0) is 23.8. The van der Waals surface area contributed by atoms with Crippen LogP contribution in [0, 0.1) is 17.7 Å². The number of halogens is 1. The number of amides is 1. The first kappa shape index (κ1) is 22.7. The van der Waals surface area contributed by atoms with Gasteiger partial charge in [0.2, 0.25) is 0 Å². The molecule has 3 saturated heterocycles. The molecule has 1 amide bonds. The highest BCUT2D eigenvalue weighted by atomic mass is 19.1. The van der Waals surface area contributed by atoms with Crippen LogP contribution in [0.3, 0.4) is 0 Å². The number of ether oxygens (including phenoxy) is 2. The number of nitrogens with zero attached hydrogens (tertiary/aromatic N) is 2. The third-order valence-electron chi connectivity index (χ3n) is 8.02. The Hall–Kier alpha value is -2.74. The molecule has 1 N–H and O–H groups in total. The van der Waals surface area contributed by atoms with Gasteiger partial charge in [0, 0.05) is 37.1 Å². The lowest BCUT2D eigenvalue weighted by Gasteiger charge is -2.35. The number of likely N-dealkylation sites (tertiary alicyclic amines) is 2. The summed E-state index contributed by atoms with van der Waals surface area (Å²) in [5.41, 5.74) is 2.85. The molecule has 7 heteroatoms. The van der Waals surface area contributed by atoms with Crippen LogP contribution in [0.5, 0.6) is 0 Å². The molecule has 2 atom stereocenters. The van der Waals surface area contributed by atoms with E-state index in [2.05, 4.69) is 9.88 Å². The maximum absolute atomic E-state index is 13.6. The average Bonchev–Trinajstić information content (AvgIpc) is 3.65. The molecule has 3 aliphatic rings. The van der Waals surface area contributed by atoms with Crippen LogP contribution in [0.1, 0.15) is 34.7 Å². The standard InChI is InChI=1S/C28H32FN3O3/c29-23-6-4-19(5-7-23)20-9-12-31(13-10-20)16-22-17-32(18-25(22)28-34-14-15-35-28)27(33)24-3-1-2-21-8-11-30-26(21)24/h1-8,11,20,22,25,28,30H,9-10,12-18H2/t22-,25?/m1/s1. The fourth-order valence-electron chi connectivity index (χ4n) is 6.14. The summed E-state index contributed by atoms with van der Waals surface area (Å²) in [7, 11) is 0. The molecule has 0 spiro atoms. The quantitative estimate of drug-likeness (QED) is 0.597. The van der Waals surface area contributed by atoms with Gasteiger partial charge in [0.1, 0.15) is 5.82 Å². The summed E-state index contributed by atoms with van der Waals surface area (Å²) < 4.78 is 25.1. The van der Waals surface area contributed by atoms with Crippen molar-refractivity contribution in [3.8, 4) is 0 Å². The third kappa shape index (κ3) is 4.60. The SMILES string of the molecule is O=C(c1cccc2cc[nH]c12)N1CC(C2OCCO2)[C@H](CN2CCC(c3ccc(F)cc3)CC2)C1. The number of benzene rings is 2. The smallest absolute Gasteiger partial charge is 0.256 e. The van der Waals surface area contributed by atoms with Crippen molar-refractivity contribution in [1.82, 2.24) is 14.8 Å². The molecule has 3 aromatic rings. The number of nitrogens with one attached hydrogen (secondary N) is 1. The van der Waals surface area contributed by atoms with E-state index in [1.807, 2.05) is 47.5 Å². The highest BCUT2D eigenvalue weighted by Gasteiger charge is 2.43. The van der Waals surface area contributed by atoms with Crippen LogP contribution in [-0.2, 0) is 9.47 Å². The Balaban J connectivity index is 1.14. The van der Waals surface area contributed by atoms with Crippen LogP contribution in [0.4, 0.5) is 4.39 Å². The molecule has 6 rings (SSSR count). The van der Waals surface area contributed by atoms with Gasteiger partial charge in [-0.3, -0.25) is 4.79 Å². The average molecular weight is 478 g/mol. The fraction of sp³-hybridized carbons (Fsp3) is 0.464. The molecule has 3 fully saturated rings. The van der Waals surface area contributed by atoms with E-state index in [1.165, 1.54) is 5.56 Å². The Kier molecular flexibility index (Phi) is 6.31. The van der Waals surface area contributed by atoms with Crippen molar-refractivity contribution in [2.45, 2.75) is 25.0 Å². The van der Waals surface area contributed by atoms with Crippen LogP contribution in [0.25, 0.3) is 10.9 Å². The van der Waals surface area contributed by atoms with Crippen LogP contribution >= 0.6 is 0 Å². The van der Waals surface area contributed by atoms with Crippen LogP contribution in [-0.4, -0.2) is 72.9 Å². The number of para-hydroxylation sites is 1. The predicted molar refractivity (Wildman–Crippen MR) is 132 cm³/mol. The summed E-state index contributed by atoms with van der Waals surface area (Å²) in [6.07, 6.45) is 3.77. The van der Waals surface area contributed by atoms with E-state index in [1.54, 1.807) is 12.1 Å². The van der Waals surface area contributed by atoms with Crippen LogP contribution in [0.15, 0.2) is 54.7 Å². The molecule has 184 valence electrons. The molecule has 6 nitrogen and oxygen atoms in total. The zero-order valence-electron chi connectivity index (χ0n) is 19.9. The molecular weight excluding hydrogens is 445 g/mol. The maximum Gasteiger partial charge on any atom is 0.256 e. The number of carbonyl (C=O) groups excluding carboxylic acids is 1. The first-order valence-electron chi connectivity index (χ1n) is 12.7. The number of aromatic nitrogens is 1. The van der Waals surface area contributed by atoms with Gasteiger partial charge in [-0.1, -0.05) is 24.3 Å². The number of piperidine rings is 1. The summed E-state index contributed by atoms with van der Waals surface area (Å²) >= 11 is 0. The molecule has 1 unspecified atom stereocenters. The van der Waals surface area contributed by atoms with Crippen molar-refractivity contribution in [2.24, 2.45) is 11.8 Å². The minimum absolute atomic E-state index is 0.0681. The number of hydrogen-bond acceptors (Lipinski definition) is 4. The first-order valence-corrected chi connectivity index (χ1v) is 12.7. The van der Waals surface area contributed by atoms with Gasteiger partial charge in [-0.15, -0.1) is 0 Å². The normalized spacial score (nSPS) is 24.5. The van der Waals surface area contributed by atoms with Gasteiger partial charge in [0.15, 0.2) is 6.29 Å². The van der Waals surface area contributed by atoms with Crippen molar-refractivity contribution in [2.75, 3.05) is 45.9 Å². The van der Waals surface area contributed by atoms with E-state index in [9.17, 15) is 9.18 Å². The first-order chi connectivity index (χ1) is 17.2. The Morgan fingerprint density at radius 3 is 2.54 bits per heavy atom. The minimum Gasteiger partial charge on any atom is -0.361 e. The van der Waals surface area contributed by atoms with E-state index < -0.39 is 0 Å². The summed E-state index contributed by atoms with van der Waals surface area (Å²) in [5, 5.41) is 1.05. The van der Waals surface area contributed by atoms with E-state index >= 15 is 0 Å².